The van der Waals surface area contributed by atoms with Gasteiger partial charge in [0.05, 0.1) is 36.8 Å². The smallest absolute Gasteiger partial charge is 0.324 e. The third-order valence-electron chi connectivity index (χ3n) is 10.2. The van der Waals surface area contributed by atoms with Crippen molar-refractivity contribution in [2.45, 2.75) is 49.1 Å². The highest BCUT2D eigenvalue weighted by Gasteiger charge is 2.50. The second kappa shape index (κ2) is 14.5. The number of urea groups is 2. The summed E-state index contributed by atoms with van der Waals surface area (Å²) in [7, 11) is 0. The largest absolute Gasteiger partial charge is 0.388 e. The number of aliphatic hydroxyl groups excluding tert-OH is 2. The number of hydrogen-bond donors (Lipinski definition) is 6. The number of carbonyl (C=O) groups is 3. The van der Waals surface area contributed by atoms with E-state index in [2.05, 4.69) is 50.5 Å². The summed E-state index contributed by atoms with van der Waals surface area (Å²) in [5.74, 6) is 0.387. The Balaban J connectivity index is 1.10. The third-order valence-corrected chi connectivity index (χ3v) is 10.2. The van der Waals surface area contributed by atoms with Crippen molar-refractivity contribution in [1.82, 2.24) is 40.0 Å². The molecule has 8 rings (SSSR count). The fourth-order valence-electron chi connectivity index (χ4n) is 7.55. The molecule has 53 heavy (non-hydrogen) atoms. The van der Waals surface area contributed by atoms with E-state index in [0.29, 0.717) is 54.7 Å². The van der Waals surface area contributed by atoms with E-state index in [0.717, 1.165) is 16.0 Å². The number of pyridine rings is 1. The van der Waals surface area contributed by atoms with Gasteiger partial charge in [0.2, 0.25) is 11.9 Å². The average Bonchev–Trinajstić information content (AvgIpc) is 3.96. The number of aliphatic hydroxyl groups is 2. The molecule has 2 saturated heterocycles. The summed E-state index contributed by atoms with van der Waals surface area (Å²) in [5.41, 5.74) is 3.69. The molecule has 16 heteroatoms. The zero-order valence-corrected chi connectivity index (χ0v) is 28.6. The van der Waals surface area contributed by atoms with Gasteiger partial charge in [0.25, 0.3) is 0 Å². The number of fused-ring (bicyclic) bond motifs is 1. The molecule has 2 aliphatic heterocycles. The lowest BCUT2D eigenvalue weighted by Gasteiger charge is -2.23. The average molecular weight is 718 g/mol. The normalized spacial score (nSPS) is 22.8. The van der Waals surface area contributed by atoms with Gasteiger partial charge in [-0.15, -0.1) is 0 Å². The molecule has 1 aliphatic carbocycles. The molecule has 3 aliphatic rings. The van der Waals surface area contributed by atoms with E-state index < -0.39 is 36.2 Å². The topological polar surface area (TPSA) is 203 Å². The van der Waals surface area contributed by atoms with Crippen LogP contribution >= 0.6 is 0 Å². The van der Waals surface area contributed by atoms with Crippen LogP contribution in [0.4, 0.5) is 27.0 Å². The molecule has 0 radical (unpaired) electrons. The SMILES string of the molecule is O=C(Nc1cccnc1)NC1CCN(c2nc(NCC(c3ccccc3)c3ccccc3)c3ncn([C@@H]4C[C@H](N5C(=O)CNC5=O)[C@@H](O)[C@H]4O)c3n2)C1. The first kappa shape index (κ1) is 34.0. The lowest BCUT2D eigenvalue weighted by Crippen LogP contribution is -2.46. The molecule has 5 atom stereocenters. The van der Waals surface area contributed by atoms with Crippen molar-refractivity contribution in [1.29, 1.82) is 0 Å². The second-order valence-corrected chi connectivity index (χ2v) is 13.5. The van der Waals surface area contributed by atoms with Gasteiger partial charge in [0.15, 0.2) is 17.0 Å². The Morgan fingerprint density at radius 3 is 2.36 bits per heavy atom. The van der Waals surface area contributed by atoms with Crippen molar-refractivity contribution >= 4 is 46.6 Å². The van der Waals surface area contributed by atoms with Crippen molar-refractivity contribution in [2.75, 3.05) is 41.7 Å². The highest BCUT2D eigenvalue weighted by molar-refractivity contribution is 6.02. The summed E-state index contributed by atoms with van der Waals surface area (Å²) < 4.78 is 1.69. The number of benzene rings is 2. The van der Waals surface area contributed by atoms with Gasteiger partial charge in [-0.2, -0.15) is 9.97 Å². The molecule has 1 unspecified atom stereocenters. The molecule has 16 nitrogen and oxygen atoms in total. The van der Waals surface area contributed by atoms with Gasteiger partial charge in [-0.05, 0) is 36.1 Å². The maximum atomic E-state index is 12.8. The van der Waals surface area contributed by atoms with Crippen molar-refractivity contribution in [3.8, 4) is 0 Å². The Morgan fingerprint density at radius 2 is 1.68 bits per heavy atom. The molecule has 6 N–H and O–H groups in total. The third kappa shape index (κ3) is 6.81. The van der Waals surface area contributed by atoms with Gasteiger partial charge in [0.1, 0.15) is 12.2 Å². The Labute approximate surface area is 304 Å². The number of carbonyl (C=O) groups excluding carboxylic acids is 3. The van der Waals surface area contributed by atoms with E-state index in [9.17, 15) is 24.6 Å². The lowest BCUT2D eigenvalue weighted by atomic mass is 9.91. The van der Waals surface area contributed by atoms with Crippen molar-refractivity contribution in [3.63, 3.8) is 0 Å². The van der Waals surface area contributed by atoms with Gasteiger partial charge < -0.3 is 40.9 Å². The molecule has 1 saturated carbocycles. The van der Waals surface area contributed by atoms with E-state index in [1.807, 2.05) is 41.3 Å². The van der Waals surface area contributed by atoms with Gasteiger partial charge in [-0.1, -0.05) is 60.7 Å². The minimum atomic E-state index is -1.37. The molecular weight excluding hydrogens is 678 g/mol. The van der Waals surface area contributed by atoms with Crippen LogP contribution in [0.2, 0.25) is 0 Å². The number of nitrogens with zero attached hydrogens (tertiary/aromatic N) is 7. The fraction of sp³-hybridized carbons (Fsp3) is 0.324. The minimum absolute atomic E-state index is 0.0247. The summed E-state index contributed by atoms with van der Waals surface area (Å²) in [6.07, 6.45) is 2.82. The van der Waals surface area contributed by atoms with Crippen LogP contribution in [0.1, 0.15) is 35.9 Å². The Hall–Kier alpha value is -6.13. The zero-order chi connectivity index (χ0) is 36.5. The van der Waals surface area contributed by atoms with Crippen molar-refractivity contribution in [3.05, 3.63) is 103 Å². The first-order valence-electron chi connectivity index (χ1n) is 17.6. The van der Waals surface area contributed by atoms with Gasteiger partial charge in [-0.25, -0.2) is 14.6 Å². The number of hydrogen-bond acceptors (Lipinski definition) is 11. The van der Waals surface area contributed by atoms with E-state index in [-0.39, 0.29) is 31.0 Å². The molecule has 272 valence electrons. The van der Waals surface area contributed by atoms with E-state index in [1.54, 1.807) is 35.4 Å². The fourth-order valence-corrected chi connectivity index (χ4v) is 7.55. The van der Waals surface area contributed by atoms with E-state index >= 15 is 0 Å². The molecule has 5 amide bonds. The monoisotopic (exact) mass is 717 g/mol. The summed E-state index contributed by atoms with van der Waals surface area (Å²) in [4.78, 5) is 59.5. The quantitative estimate of drug-likeness (QED) is 0.116. The first-order valence-corrected chi connectivity index (χ1v) is 17.6. The summed E-state index contributed by atoms with van der Waals surface area (Å²) >= 11 is 0. The van der Waals surface area contributed by atoms with Crippen LogP contribution in [0.3, 0.4) is 0 Å². The number of nitrogens with one attached hydrogen (secondary N) is 4. The van der Waals surface area contributed by atoms with Gasteiger partial charge in [0, 0.05) is 37.8 Å². The predicted octanol–water partition coefficient (Wildman–Crippen LogP) is 2.45. The summed E-state index contributed by atoms with van der Waals surface area (Å²) in [6, 6.07) is 21.1. The van der Waals surface area contributed by atoms with Crippen LogP contribution < -0.4 is 26.2 Å². The molecular formula is C37H39N11O5. The molecule has 5 heterocycles. The van der Waals surface area contributed by atoms with Crippen LogP contribution in [0.15, 0.2) is 91.5 Å². The maximum absolute atomic E-state index is 12.8. The van der Waals surface area contributed by atoms with Gasteiger partial charge >= 0.3 is 12.1 Å². The number of rotatable bonds is 10. The molecule has 3 fully saturated rings. The Morgan fingerprint density at radius 1 is 0.943 bits per heavy atom. The number of imide groups is 1. The highest BCUT2D eigenvalue weighted by Crippen LogP contribution is 2.38. The second-order valence-electron chi connectivity index (χ2n) is 13.5. The van der Waals surface area contributed by atoms with Crippen LogP contribution in [-0.4, -0.2) is 108 Å². The van der Waals surface area contributed by atoms with Crippen molar-refractivity contribution < 1.29 is 24.6 Å². The molecule has 2 aromatic carbocycles. The number of anilines is 3. The van der Waals surface area contributed by atoms with Crippen LogP contribution in [-0.2, 0) is 4.79 Å². The first-order chi connectivity index (χ1) is 25.8. The maximum Gasteiger partial charge on any atom is 0.324 e. The molecule has 5 aromatic rings. The summed E-state index contributed by atoms with van der Waals surface area (Å²) in [6.45, 7) is 1.32. The Kier molecular flexibility index (Phi) is 9.28. The standard InChI is InChI=1S/C37H39N11O5/c49-29-19-40-37(53)48(29)28-16-27(31(50)32(28)51)47-21-41-30-33(39-18-26(22-8-3-1-4-9-22)23-10-5-2-6-11-23)44-35(45-34(30)47)46-15-13-25(20-46)43-36(52)42-24-12-7-14-38-17-24/h1-12,14,17,21,25-28,31-32,50-51H,13,15-16,18-20H2,(H,40,53)(H,39,44,45)(H2,42,43,52)/t25?,27-,28+,31+,32-/m1/s1. The lowest BCUT2D eigenvalue weighted by molar-refractivity contribution is -0.128. The number of amides is 5. The van der Waals surface area contributed by atoms with Gasteiger partial charge in [-0.3, -0.25) is 14.7 Å². The highest BCUT2D eigenvalue weighted by atomic mass is 16.3. The molecule has 0 bridgehead atoms. The number of imidazole rings is 1. The number of aromatic nitrogens is 5. The molecule has 3 aromatic heterocycles. The van der Waals surface area contributed by atoms with E-state index in [4.69, 9.17) is 15.0 Å². The Bertz CT molecular complexity index is 2050. The van der Waals surface area contributed by atoms with Crippen LogP contribution in [0, 0.1) is 0 Å². The zero-order valence-electron chi connectivity index (χ0n) is 28.6. The minimum Gasteiger partial charge on any atom is -0.388 e. The summed E-state index contributed by atoms with van der Waals surface area (Å²) in [5, 5.41) is 34.3. The predicted molar refractivity (Wildman–Crippen MR) is 195 cm³/mol. The van der Waals surface area contributed by atoms with Crippen LogP contribution in [0.25, 0.3) is 11.2 Å². The van der Waals surface area contributed by atoms with E-state index in [1.165, 1.54) is 0 Å². The van der Waals surface area contributed by atoms with Crippen molar-refractivity contribution in [2.24, 2.45) is 0 Å². The molecule has 0 spiro atoms. The van der Waals surface area contributed by atoms with Crippen LogP contribution in [0.5, 0.6) is 0 Å².